The summed E-state index contributed by atoms with van der Waals surface area (Å²) in [6.07, 6.45) is 1.95. The van der Waals surface area contributed by atoms with E-state index in [4.69, 9.17) is 9.97 Å². The number of fused-ring (bicyclic) bond motifs is 3. The monoisotopic (exact) mass is 667 g/mol. The minimum absolute atomic E-state index is 0.0533. The summed E-state index contributed by atoms with van der Waals surface area (Å²) in [7, 11) is 0. The van der Waals surface area contributed by atoms with Crippen LogP contribution < -0.4 is 0 Å². The summed E-state index contributed by atoms with van der Waals surface area (Å²) in [4.78, 5) is 15.0. The standard InChI is InChI=1S/C49H37N3/c1-32-21-22-38(31-50-32)35-17-12-18-36(25-35)39-26-40(37-23-24-45-43(29-37)42-19-10-11-20-44(42)49(45,2)3)28-41(27-39)48-51-46(33-13-6-4-7-14-33)30-47(52-48)34-15-8-5-9-16-34/h4-31H,1-3H3. The number of rotatable bonds is 6. The average Bonchev–Trinajstić information content (AvgIpc) is 3.44. The predicted octanol–water partition coefficient (Wildman–Crippen LogP) is 12.5. The van der Waals surface area contributed by atoms with E-state index in [1.54, 1.807) is 0 Å². The molecule has 1 aliphatic rings. The first-order valence-corrected chi connectivity index (χ1v) is 17.8. The average molecular weight is 668 g/mol. The number of nitrogens with zero attached hydrogens (tertiary/aromatic N) is 3. The Morgan fingerprint density at radius 2 is 0.904 bits per heavy atom. The highest BCUT2D eigenvalue weighted by Gasteiger charge is 2.35. The Balaban J connectivity index is 1.25. The summed E-state index contributed by atoms with van der Waals surface area (Å²) in [5, 5.41) is 0. The van der Waals surface area contributed by atoms with Gasteiger partial charge in [0, 0.05) is 39.6 Å². The second-order valence-electron chi connectivity index (χ2n) is 14.2. The number of benzene rings is 6. The van der Waals surface area contributed by atoms with Crippen molar-refractivity contribution >= 4 is 0 Å². The predicted molar refractivity (Wildman–Crippen MR) is 215 cm³/mol. The van der Waals surface area contributed by atoms with Gasteiger partial charge in [-0.1, -0.05) is 135 Å². The van der Waals surface area contributed by atoms with Crippen LogP contribution in [-0.2, 0) is 5.41 Å². The summed E-state index contributed by atoms with van der Waals surface area (Å²) in [6.45, 7) is 6.67. The van der Waals surface area contributed by atoms with E-state index in [0.29, 0.717) is 5.82 Å². The molecule has 0 bridgehead atoms. The molecular formula is C49H37N3. The van der Waals surface area contributed by atoms with Crippen LogP contribution in [0.4, 0.5) is 0 Å². The van der Waals surface area contributed by atoms with Crippen molar-refractivity contribution in [2.24, 2.45) is 0 Å². The Bertz CT molecular complexity index is 2530. The summed E-state index contributed by atoms with van der Waals surface area (Å²) in [5.74, 6) is 0.690. The van der Waals surface area contributed by atoms with Crippen LogP contribution in [-0.4, -0.2) is 15.0 Å². The topological polar surface area (TPSA) is 38.7 Å². The molecule has 0 aliphatic heterocycles. The fourth-order valence-electron chi connectivity index (χ4n) is 7.60. The molecule has 248 valence electrons. The van der Waals surface area contributed by atoms with Crippen molar-refractivity contribution in [3.8, 4) is 78.4 Å². The van der Waals surface area contributed by atoms with Crippen LogP contribution in [0, 0.1) is 6.92 Å². The van der Waals surface area contributed by atoms with Gasteiger partial charge in [-0.25, -0.2) is 9.97 Å². The normalized spacial score (nSPS) is 12.7. The molecule has 52 heavy (non-hydrogen) atoms. The van der Waals surface area contributed by atoms with Crippen molar-refractivity contribution < 1.29 is 0 Å². The lowest BCUT2D eigenvalue weighted by molar-refractivity contribution is 0.660. The second kappa shape index (κ2) is 12.7. The molecule has 0 fully saturated rings. The maximum atomic E-state index is 5.23. The van der Waals surface area contributed by atoms with Crippen molar-refractivity contribution in [2.45, 2.75) is 26.2 Å². The van der Waals surface area contributed by atoms with Gasteiger partial charge in [-0.2, -0.15) is 0 Å². The van der Waals surface area contributed by atoms with E-state index < -0.39 is 0 Å². The minimum Gasteiger partial charge on any atom is -0.261 e. The summed E-state index contributed by atoms with van der Waals surface area (Å²) < 4.78 is 0. The lowest BCUT2D eigenvalue weighted by atomic mass is 9.82. The number of hydrogen-bond acceptors (Lipinski definition) is 3. The third-order valence-corrected chi connectivity index (χ3v) is 10.4. The van der Waals surface area contributed by atoms with E-state index in [1.807, 2.05) is 25.3 Å². The van der Waals surface area contributed by atoms with Crippen LogP contribution in [0.3, 0.4) is 0 Å². The van der Waals surface area contributed by atoms with E-state index >= 15 is 0 Å². The molecule has 0 radical (unpaired) electrons. The lowest BCUT2D eigenvalue weighted by Crippen LogP contribution is -2.14. The van der Waals surface area contributed by atoms with Crippen molar-refractivity contribution in [3.63, 3.8) is 0 Å². The zero-order chi connectivity index (χ0) is 35.2. The van der Waals surface area contributed by atoms with Crippen LogP contribution in [0.2, 0.25) is 0 Å². The van der Waals surface area contributed by atoms with Crippen molar-refractivity contribution in [1.29, 1.82) is 0 Å². The molecule has 0 amide bonds. The first-order valence-electron chi connectivity index (χ1n) is 17.8. The number of hydrogen-bond donors (Lipinski definition) is 0. The first-order chi connectivity index (χ1) is 25.4. The van der Waals surface area contributed by atoms with Gasteiger partial charge in [0.15, 0.2) is 5.82 Å². The van der Waals surface area contributed by atoms with Gasteiger partial charge in [0.1, 0.15) is 0 Å². The third kappa shape index (κ3) is 5.71. The molecule has 2 heterocycles. The molecular weight excluding hydrogens is 631 g/mol. The van der Waals surface area contributed by atoms with Gasteiger partial charge < -0.3 is 0 Å². The smallest absolute Gasteiger partial charge is 0.160 e. The number of aromatic nitrogens is 3. The first kappa shape index (κ1) is 31.5. The van der Waals surface area contributed by atoms with Crippen LogP contribution in [0.15, 0.2) is 170 Å². The van der Waals surface area contributed by atoms with Crippen LogP contribution in [0.25, 0.3) is 78.4 Å². The zero-order valence-corrected chi connectivity index (χ0v) is 29.5. The van der Waals surface area contributed by atoms with Crippen LogP contribution in [0.1, 0.15) is 30.7 Å². The summed E-state index contributed by atoms with van der Waals surface area (Å²) in [6, 6.07) is 58.4. The lowest BCUT2D eigenvalue weighted by Gasteiger charge is -2.21. The van der Waals surface area contributed by atoms with E-state index in [2.05, 4.69) is 170 Å². The Hall–Kier alpha value is -6.45. The largest absolute Gasteiger partial charge is 0.261 e. The highest BCUT2D eigenvalue weighted by molar-refractivity contribution is 5.87. The molecule has 0 saturated heterocycles. The second-order valence-corrected chi connectivity index (χ2v) is 14.2. The van der Waals surface area contributed by atoms with Crippen LogP contribution >= 0.6 is 0 Å². The van der Waals surface area contributed by atoms with E-state index in [9.17, 15) is 0 Å². The molecule has 6 aromatic carbocycles. The Morgan fingerprint density at radius 1 is 0.385 bits per heavy atom. The Morgan fingerprint density at radius 3 is 1.56 bits per heavy atom. The quantitative estimate of drug-likeness (QED) is 0.177. The van der Waals surface area contributed by atoms with Gasteiger partial charge >= 0.3 is 0 Å². The van der Waals surface area contributed by atoms with Gasteiger partial charge in [-0.15, -0.1) is 0 Å². The van der Waals surface area contributed by atoms with Gasteiger partial charge in [0.05, 0.1) is 11.4 Å². The highest BCUT2D eigenvalue weighted by Crippen LogP contribution is 2.49. The number of aryl methyl sites for hydroxylation is 1. The van der Waals surface area contributed by atoms with E-state index in [-0.39, 0.29) is 5.41 Å². The molecule has 8 aromatic rings. The minimum atomic E-state index is -0.0533. The molecule has 1 aliphatic carbocycles. The summed E-state index contributed by atoms with van der Waals surface area (Å²) in [5.41, 5.74) is 17.9. The van der Waals surface area contributed by atoms with Crippen LogP contribution in [0.5, 0.6) is 0 Å². The fraction of sp³-hybridized carbons (Fsp3) is 0.0816. The van der Waals surface area contributed by atoms with Gasteiger partial charge in [0.25, 0.3) is 0 Å². The fourth-order valence-corrected chi connectivity index (χ4v) is 7.60. The maximum Gasteiger partial charge on any atom is 0.160 e. The third-order valence-electron chi connectivity index (χ3n) is 10.4. The molecule has 0 unspecified atom stereocenters. The van der Waals surface area contributed by atoms with Crippen molar-refractivity contribution in [1.82, 2.24) is 15.0 Å². The molecule has 0 atom stereocenters. The molecule has 0 N–H and O–H groups in total. The Labute approximate surface area is 305 Å². The molecule has 3 nitrogen and oxygen atoms in total. The van der Waals surface area contributed by atoms with Gasteiger partial charge in [-0.05, 0) is 99.5 Å². The molecule has 0 saturated carbocycles. The van der Waals surface area contributed by atoms with Crippen molar-refractivity contribution in [2.75, 3.05) is 0 Å². The van der Waals surface area contributed by atoms with Crippen molar-refractivity contribution in [3.05, 3.63) is 187 Å². The molecule has 3 heteroatoms. The Kier molecular flexibility index (Phi) is 7.70. The molecule has 0 spiro atoms. The SMILES string of the molecule is Cc1ccc(-c2cccc(-c3cc(-c4ccc5c(c4)-c4ccccc4C5(C)C)cc(-c4nc(-c5ccccc5)cc(-c5ccccc5)n4)c3)c2)cn1. The zero-order valence-electron chi connectivity index (χ0n) is 29.5. The summed E-state index contributed by atoms with van der Waals surface area (Å²) >= 11 is 0. The molecule has 9 rings (SSSR count). The van der Waals surface area contributed by atoms with E-state index in [0.717, 1.165) is 67.2 Å². The number of pyridine rings is 1. The highest BCUT2D eigenvalue weighted by atomic mass is 14.9. The molecule has 2 aromatic heterocycles. The van der Waals surface area contributed by atoms with Gasteiger partial charge in [-0.3, -0.25) is 4.98 Å². The van der Waals surface area contributed by atoms with Gasteiger partial charge in [0.2, 0.25) is 0 Å². The van der Waals surface area contributed by atoms with E-state index in [1.165, 1.54) is 22.3 Å². The maximum absolute atomic E-state index is 5.23.